The van der Waals surface area contributed by atoms with Crippen LogP contribution in [0.4, 0.5) is 13.2 Å². The van der Waals surface area contributed by atoms with Gasteiger partial charge in [-0.1, -0.05) is 18.2 Å². The number of hydrogen-bond acceptors (Lipinski definition) is 3. The van der Waals surface area contributed by atoms with E-state index in [2.05, 4.69) is 5.32 Å². The molecule has 0 saturated carbocycles. The third kappa shape index (κ3) is 3.02. The number of nitrogens with one attached hydrogen (secondary N) is 1. The number of nitrogens with zero attached hydrogens (tertiary/aromatic N) is 1. The highest BCUT2D eigenvalue weighted by Crippen LogP contribution is 2.33. The van der Waals surface area contributed by atoms with Crippen LogP contribution < -0.4 is 5.32 Å². The first-order valence-electron chi connectivity index (χ1n) is 8.55. The number of para-hydroxylation sites is 1. The molecule has 0 radical (unpaired) electrons. The van der Waals surface area contributed by atoms with E-state index in [0.717, 1.165) is 41.8 Å². The lowest BCUT2D eigenvalue weighted by molar-refractivity contribution is -0.137. The van der Waals surface area contributed by atoms with Gasteiger partial charge in [-0.05, 0) is 48.9 Å². The highest BCUT2D eigenvalue weighted by Gasteiger charge is 2.32. The molecule has 0 bridgehead atoms. The summed E-state index contributed by atoms with van der Waals surface area (Å²) in [5, 5.41) is 4.12. The fourth-order valence-electron chi connectivity index (χ4n) is 3.60. The second-order valence-electron chi connectivity index (χ2n) is 6.48. The van der Waals surface area contributed by atoms with Gasteiger partial charge in [-0.15, -0.1) is 0 Å². The van der Waals surface area contributed by atoms with E-state index in [4.69, 9.17) is 0 Å². The van der Waals surface area contributed by atoms with E-state index >= 15 is 0 Å². The minimum Gasteiger partial charge on any atom is -0.316 e. The van der Waals surface area contributed by atoms with Gasteiger partial charge < -0.3 is 5.32 Å². The fraction of sp³-hybridized carbons (Fsp3) is 0.263. The molecule has 0 fully saturated rings. The molecule has 4 nitrogen and oxygen atoms in total. The largest absolute Gasteiger partial charge is 0.416 e. The van der Waals surface area contributed by atoms with E-state index in [1.807, 2.05) is 12.1 Å². The van der Waals surface area contributed by atoms with Crippen molar-refractivity contribution in [2.45, 2.75) is 23.9 Å². The number of hydrogen-bond donors (Lipinski definition) is 1. The second kappa shape index (κ2) is 6.38. The molecule has 0 saturated heterocycles. The maximum Gasteiger partial charge on any atom is 0.416 e. The van der Waals surface area contributed by atoms with Gasteiger partial charge in [0.15, 0.2) is 0 Å². The van der Waals surface area contributed by atoms with Gasteiger partial charge in [-0.2, -0.15) is 13.2 Å². The van der Waals surface area contributed by atoms with Gasteiger partial charge in [-0.3, -0.25) is 0 Å². The van der Waals surface area contributed by atoms with E-state index < -0.39 is 21.8 Å². The van der Waals surface area contributed by atoms with Crippen molar-refractivity contribution < 1.29 is 21.6 Å². The zero-order chi connectivity index (χ0) is 19.2. The Hall–Kier alpha value is -2.32. The van der Waals surface area contributed by atoms with Crippen LogP contribution in [0.25, 0.3) is 10.9 Å². The van der Waals surface area contributed by atoms with Crippen molar-refractivity contribution in [1.29, 1.82) is 0 Å². The molecule has 0 amide bonds. The van der Waals surface area contributed by atoms with Crippen LogP contribution in [0.1, 0.15) is 16.8 Å². The van der Waals surface area contributed by atoms with Gasteiger partial charge in [0, 0.05) is 24.0 Å². The summed E-state index contributed by atoms with van der Waals surface area (Å²) in [7, 11) is -4.02. The van der Waals surface area contributed by atoms with Gasteiger partial charge in [0.1, 0.15) is 0 Å². The van der Waals surface area contributed by atoms with Crippen LogP contribution in [0.5, 0.6) is 0 Å². The minimum absolute atomic E-state index is 0.156. The molecule has 1 N–H and O–H groups in total. The minimum atomic E-state index is -4.51. The van der Waals surface area contributed by atoms with E-state index in [9.17, 15) is 21.6 Å². The lowest BCUT2D eigenvalue weighted by atomic mass is 10.1. The highest BCUT2D eigenvalue weighted by molar-refractivity contribution is 7.90. The normalized spacial score (nSPS) is 15.5. The average molecular weight is 394 g/mol. The van der Waals surface area contributed by atoms with Crippen molar-refractivity contribution in [2.75, 3.05) is 13.1 Å². The van der Waals surface area contributed by atoms with Crippen LogP contribution in [0.15, 0.2) is 53.4 Å². The lowest BCUT2D eigenvalue weighted by Gasteiger charge is -2.13. The molecule has 2 heterocycles. The molecule has 1 aliphatic heterocycles. The molecule has 8 heteroatoms. The van der Waals surface area contributed by atoms with Crippen LogP contribution >= 0.6 is 0 Å². The van der Waals surface area contributed by atoms with Crippen LogP contribution in [0, 0.1) is 0 Å². The molecule has 0 atom stereocenters. The number of alkyl halides is 3. The monoisotopic (exact) mass is 394 g/mol. The molecule has 0 unspecified atom stereocenters. The van der Waals surface area contributed by atoms with Crippen molar-refractivity contribution in [3.05, 3.63) is 65.4 Å². The van der Waals surface area contributed by atoms with Crippen LogP contribution in [-0.2, 0) is 29.0 Å². The summed E-state index contributed by atoms with van der Waals surface area (Å²) in [6.07, 6.45) is -3.28. The number of fused-ring (bicyclic) bond motifs is 3. The summed E-state index contributed by atoms with van der Waals surface area (Å²) in [5.41, 5.74) is 1.36. The topological polar surface area (TPSA) is 51.1 Å². The third-order valence-corrected chi connectivity index (χ3v) is 6.62. The first-order valence-corrected chi connectivity index (χ1v) is 9.99. The number of aromatic nitrogens is 1. The van der Waals surface area contributed by atoms with Gasteiger partial charge in [0.2, 0.25) is 0 Å². The number of halogens is 3. The molecule has 0 spiro atoms. The van der Waals surface area contributed by atoms with E-state index in [-0.39, 0.29) is 4.90 Å². The van der Waals surface area contributed by atoms with E-state index in [0.29, 0.717) is 30.6 Å². The molecule has 2 aromatic carbocycles. The molecular weight excluding hydrogens is 377 g/mol. The number of benzene rings is 2. The van der Waals surface area contributed by atoms with Crippen LogP contribution in [0.3, 0.4) is 0 Å². The smallest absolute Gasteiger partial charge is 0.316 e. The summed E-state index contributed by atoms with van der Waals surface area (Å²) >= 11 is 0. The van der Waals surface area contributed by atoms with Gasteiger partial charge in [-0.25, -0.2) is 12.4 Å². The predicted molar refractivity (Wildman–Crippen MR) is 96.2 cm³/mol. The van der Waals surface area contributed by atoms with Gasteiger partial charge >= 0.3 is 6.18 Å². The Bertz CT molecular complexity index is 1100. The Morgan fingerprint density at radius 3 is 2.30 bits per heavy atom. The Morgan fingerprint density at radius 1 is 0.926 bits per heavy atom. The zero-order valence-corrected chi connectivity index (χ0v) is 15.1. The van der Waals surface area contributed by atoms with Gasteiger partial charge in [0.05, 0.1) is 16.0 Å². The quantitative estimate of drug-likeness (QED) is 0.723. The fourth-order valence-corrected chi connectivity index (χ4v) is 5.20. The van der Waals surface area contributed by atoms with E-state index in [1.165, 1.54) is 3.97 Å². The summed E-state index contributed by atoms with van der Waals surface area (Å²) in [6.45, 7) is 1.40. The molecular formula is C19H17F3N2O2S. The van der Waals surface area contributed by atoms with Gasteiger partial charge in [0.25, 0.3) is 10.0 Å². The lowest BCUT2D eigenvalue weighted by Crippen LogP contribution is -2.19. The summed E-state index contributed by atoms with van der Waals surface area (Å²) < 4.78 is 66.3. The SMILES string of the molecule is O=S(=O)(c1ccc(C(F)(F)F)cc1)n1c2c(c3ccccc31)CCNCC2. The molecule has 142 valence electrons. The molecule has 27 heavy (non-hydrogen) atoms. The molecule has 3 aromatic rings. The standard InChI is InChI=1S/C19H17F3N2O2S/c20-19(21,22)13-5-7-14(8-6-13)27(25,26)24-17-4-2-1-3-15(17)16-9-11-23-12-10-18(16)24/h1-8,23H,9-12H2. The van der Waals surface area contributed by atoms with Crippen molar-refractivity contribution in [2.24, 2.45) is 0 Å². The van der Waals surface area contributed by atoms with Crippen molar-refractivity contribution >= 4 is 20.9 Å². The van der Waals surface area contributed by atoms with Crippen molar-refractivity contribution in [1.82, 2.24) is 9.29 Å². The molecule has 1 aliphatic rings. The highest BCUT2D eigenvalue weighted by atomic mass is 32.2. The summed E-state index contributed by atoms with van der Waals surface area (Å²) in [4.78, 5) is -0.156. The Labute approximate surface area is 154 Å². The van der Waals surface area contributed by atoms with Crippen LogP contribution in [-0.4, -0.2) is 25.5 Å². The predicted octanol–water partition coefficient (Wildman–Crippen LogP) is 3.59. The second-order valence-corrected chi connectivity index (χ2v) is 8.27. The summed E-state index contributed by atoms with van der Waals surface area (Å²) in [5.74, 6) is 0. The average Bonchev–Trinajstić information content (AvgIpc) is 2.77. The van der Waals surface area contributed by atoms with E-state index in [1.54, 1.807) is 12.1 Å². The Kier molecular flexibility index (Phi) is 4.27. The Balaban J connectivity index is 1.92. The maximum atomic E-state index is 13.3. The first-order chi connectivity index (χ1) is 12.8. The van der Waals surface area contributed by atoms with Crippen molar-refractivity contribution in [3.8, 4) is 0 Å². The zero-order valence-electron chi connectivity index (χ0n) is 14.3. The Morgan fingerprint density at radius 2 is 1.59 bits per heavy atom. The molecule has 1 aromatic heterocycles. The van der Waals surface area contributed by atoms with Crippen molar-refractivity contribution in [3.63, 3.8) is 0 Å². The molecule has 0 aliphatic carbocycles. The third-order valence-electron chi connectivity index (χ3n) is 4.85. The number of rotatable bonds is 2. The summed E-state index contributed by atoms with van der Waals surface area (Å²) in [6, 6.07) is 10.9. The maximum absolute atomic E-state index is 13.3. The first kappa shape index (κ1) is 18.1. The van der Waals surface area contributed by atoms with Crippen LogP contribution in [0.2, 0.25) is 0 Å². The molecule has 4 rings (SSSR count).